The van der Waals surface area contributed by atoms with Gasteiger partial charge in [-0.05, 0) is 85.9 Å². The zero-order valence-corrected chi connectivity index (χ0v) is 32.1. The minimum atomic E-state index is -1.49. The van der Waals surface area contributed by atoms with Crippen LogP contribution in [0, 0.1) is 17.3 Å². The number of aliphatic hydroxyl groups excluding tert-OH is 1. The van der Waals surface area contributed by atoms with Crippen LogP contribution in [0.4, 0.5) is 0 Å². The molecule has 0 spiro atoms. The summed E-state index contributed by atoms with van der Waals surface area (Å²) in [5.41, 5.74) is 3.93. The number of hydrogen-bond donors (Lipinski definition) is 2. The molecule has 5 rings (SSSR count). The molecule has 12 heteroatoms. The van der Waals surface area contributed by atoms with Gasteiger partial charge in [0.2, 0.25) is 5.90 Å². The van der Waals surface area contributed by atoms with E-state index in [0.717, 1.165) is 34.9 Å². The second-order valence-corrected chi connectivity index (χ2v) is 15.3. The number of cyclic esters (lactones) is 1. The van der Waals surface area contributed by atoms with Crippen LogP contribution >= 0.6 is 0 Å². The Balaban J connectivity index is 1.55. The normalized spacial score (nSPS) is 32.0. The van der Waals surface area contributed by atoms with Crippen molar-refractivity contribution in [1.29, 1.82) is 0 Å². The first kappa shape index (κ1) is 39.9. The summed E-state index contributed by atoms with van der Waals surface area (Å²) in [6.07, 6.45) is 7.71. The van der Waals surface area contributed by atoms with Crippen molar-refractivity contribution in [2.45, 2.75) is 98.2 Å². The fourth-order valence-electron chi connectivity index (χ4n) is 6.91. The molecule has 0 saturated carbocycles. The van der Waals surface area contributed by atoms with Crippen molar-refractivity contribution in [3.8, 4) is 0 Å². The topological polar surface area (TPSA) is 155 Å². The minimum Gasteiger partial charge on any atom is -0.467 e. The molecule has 288 valence electrons. The molecule has 0 aromatic carbocycles. The summed E-state index contributed by atoms with van der Waals surface area (Å²) in [6.45, 7) is 13.7. The van der Waals surface area contributed by atoms with Crippen molar-refractivity contribution in [3.05, 3.63) is 81.8 Å². The maximum Gasteiger partial charge on any atom is 0.334 e. The molecule has 4 aliphatic rings. The van der Waals surface area contributed by atoms with Gasteiger partial charge in [-0.25, -0.2) is 14.6 Å². The van der Waals surface area contributed by atoms with E-state index in [1.807, 2.05) is 44.2 Å². The largest absolute Gasteiger partial charge is 0.467 e. The number of carbonyl (C=O) groups excluding carboxylic acids is 3. The van der Waals surface area contributed by atoms with Crippen molar-refractivity contribution in [1.82, 2.24) is 4.98 Å². The van der Waals surface area contributed by atoms with E-state index in [4.69, 9.17) is 33.4 Å². The number of ether oxygens (including phenoxy) is 6. The molecule has 12 nitrogen and oxygen atoms in total. The van der Waals surface area contributed by atoms with Crippen LogP contribution in [0.2, 0.25) is 0 Å². The van der Waals surface area contributed by atoms with Crippen LogP contribution in [0.3, 0.4) is 0 Å². The second kappa shape index (κ2) is 17.3. The summed E-state index contributed by atoms with van der Waals surface area (Å²) in [5, 5.41) is 10.2. The van der Waals surface area contributed by atoms with Gasteiger partial charge in [0.1, 0.15) is 23.8 Å². The average Bonchev–Trinajstić information content (AvgIpc) is 3.89. The summed E-state index contributed by atoms with van der Waals surface area (Å²) in [6, 6.07) is 3.28. The Morgan fingerprint density at radius 1 is 1.13 bits per heavy atom. The Morgan fingerprint density at radius 3 is 2.60 bits per heavy atom. The summed E-state index contributed by atoms with van der Waals surface area (Å²) in [7, 11) is 1.66. The number of aromatic nitrogens is 1. The van der Waals surface area contributed by atoms with Crippen LogP contribution < -0.4 is 0 Å². The highest BCUT2D eigenvalue weighted by Crippen LogP contribution is 2.40. The van der Waals surface area contributed by atoms with Crippen molar-refractivity contribution in [2.75, 3.05) is 33.5 Å². The lowest BCUT2D eigenvalue weighted by atomic mass is 9.83. The van der Waals surface area contributed by atoms with Gasteiger partial charge in [-0.15, -0.1) is 0 Å². The van der Waals surface area contributed by atoms with E-state index in [1.165, 1.54) is 6.92 Å². The van der Waals surface area contributed by atoms with Crippen LogP contribution in [0.1, 0.15) is 72.7 Å². The van der Waals surface area contributed by atoms with Gasteiger partial charge in [-0.1, -0.05) is 45.9 Å². The van der Waals surface area contributed by atoms with E-state index in [-0.39, 0.29) is 30.6 Å². The van der Waals surface area contributed by atoms with E-state index in [9.17, 15) is 19.5 Å². The van der Waals surface area contributed by atoms with E-state index < -0.39 is 54.3 Å². The molecule has 1 aromatic rings. The first-order valence-corrected chi connectivity index (χ1v) is 18.4. The van der Waals surface area contributed by atoms with Gasteiger partial charge in [0.05, 0.1) is 25.9 Å². The molecule has 0 radical (unpaired) electrons. The number of nitrogens with zero attached hydrogens (tertiary/aromatic N) is 1. The van der Waals surface area contributed by atoms with Gasteiger partial charge in [-0.2, -0.15) is 0 Å². The van der Waals surface area contributed by atoms with E-state index in [1.54, 1.807) is 14.0 Å². The number of hydrogen-bond acceptors (Lipinski definition) is 11. The number of aliphatic hydroxyl groups is 1. The summed E-state index contributed by atoms with van der Waals surface area (Å²) in [5.74, 6) is -1.44. The Morgan fingerprint density at radius 2 is 1.91 bits per heavy atom. The predicted molar refractivity (Wildman–Crippen MR) is 198 cm³/mol. The Kier molecular flexibility index (Phi) is 13.0. The van der Waals surface area contributed by atoms with Gasteiger partial charge < -0.3 is 38.5 Å². The predicted octanol–water partition coefficient (Wildman–Crippen LogP) is 5.27. The SMILES string of the molecule is COC/C=C/C(C)=C1\COC(CC(C)C)\C1=C/C1N=C2OC1COC(=O)/C(CC(C)C)=C/C(=O)OC1C(OC(=O)C1(C)CO)/C(C)=C/Cc1ccc2[nH]1. The highest BCUT2D eigenvalue weighted by Gasteiger charge is 2.57. The molecule has 5 heterocycles. The van der Waals surface area contributed by atoms with Crippen molar-refractivity contribution >= 4 is 23.8 Å². The summed E-state index contributed by atoms with van der Waals surface area (Å²) in [4.78, 5) is 48.5. The molecule has 6 unspecified atom stereocenters. The molecule has 0 amide bonds. The number of methoxy groups -OCH3 is 1. The monoisotopic (exact) mass is 734 g/mol. The third kappa shape index (κ3) is 9.28. The molecule has 2 N–H and O–H groups in total. The molecule has 2 fully saturated rings. The van der Waals surface area contributed by atoms with Crippen LogP contribution in [-0.2, 0) is 49.2 Å². The third-order valence-electron chi connectivity index (χ3n) is 9.98. The number of nitrogens with one attached hydrogen (secondary N) is 1. The Labute approximate surface area is 312 Å². The molecular weight excluding hydrogens is 680 g/mol. The smallest absolute Gasteiger partial charge is 0.334 e. The molecule has 4 bridgehead atoms. The molecule has 2 saturated heterocycles. The molecule has 53 heavy (non-hydrogen) atoms. The molecule has 4 aliphatic heterocycles. The highest BCUT2D eigenvalue weighted by molar-refractivity contribution is 5.97. The standard InChI is InChI=1S/C41H54N2O10/c1-23(2)16-27-18-35(45)52-37-36(53-40(47)41(37,7)22-44)26(6)11-12-28-13-14-31(42-28)38-43-32(34(51-38)21-50-39(27)46)19-29-30(25(5)10-9-15-48-8)20-49-33(29)17-24(3)4/h9-11,13-14,18-19,23-24,32-34,36-37,42,44H,12,15-17,20-22H2,1-8H3/b10-9+,26-11+,27-18+,29-19-,30-25+. The summed E-state index contributed by atoms with van der Waals surface area (Å²) < 4.78 is 35.4. The van der Waals surface area contributed by atoms with Gasteiger partial charge in [0.15, 0.2) is 18.3 Å². The second-order valence-electron chi connectivity index (χ2n) is 15.3. The van der Waals surface area contributed by atoms with Crippen LogP contribution in [0.25, 0.3) is 0 Å². The third-order valence-corrected chi connectivity index (χ3v) is 9.98. The maximum absolute atomic E-state index is 13.7. The minimum absolute atomic E-state index is 0.000324. The number of esters is 3. The first-order chi connectivity index (χ1) is 25.2. The number of aliphatic imine (C=N–C) groups is 1. The first-order valence-electron chi connectivity index (χ1n) is 18.4. The Bertz CT molecular complexity index is 1730. The lowest BCUT2D eigenvalue weighted by Gasteiger charge is -2.27. The van der Waals surface area contributed by atoms with Crippen LogP contribution in [0.5, 0.6) is 0 Å². The fraction of sp³-hybridized carbons (Fsp3) is 0.561. The zero-order chi connectivity index (χ0) is 38.4. The van der Waals surface area contributed by atoms with Crippen molar-refractivity contribution in [3.63, 3.8) is 0 Å². The van der Waals surface area contributed by atoms with Crippen LogP contribution in [-0.4, -0.2) is 97.9 Å². The Hall–Kier alpha value is -4.26. The van der Waals surface area contributed by atoms with Gasteiger partial charge in [-0.3, -0.25) is 4.79 Å². The molecule has 0 aliphatic carbocycles. The number of fused-ring (bicyclic) bond motifs is 6. The molecule has 6 atom stereocenters. The van der Waals surface area contributed by atoms with E-state index in [0.29, 0.717) is 42.7 Å². The van der Waals surface area contributed by atoms with Crippen molar-refractivity contribution in [2.24, 2.45) is 22.2 Å². The maximum atomic E-state index is 13.7. The quantitative estimate of drug-likeness (QED) is 0.195. The van der Waals surface area contributed by atoms with Crippen molar-refractivity contribution < 1.29 is 47.9 Å². The number of carbonyl (C=O) groups is 3. The van der Waals surface area contributed by atoms with Gasteiger partial charge >= 0.3 is 17.9 Å². The number of H-pyrrole nitrogens is 1. The number of rotatable bonds is 9. The lowest BCUT2D eigenvalue weighted by molar-refractivity contribution is -0.153. The van der Waals surface area contributed by atoms with E-state index >= 15 is 0 Å². The summed E-state index contributed by atoms with van der Waals surface area (Å²) >= 11 is 0. The average molecular weight is 735 g/mol. The number of aromatic amines is 1. The highest BCUT2D eigenvalue weighted by atomic mass is 16.6. The van der Waals surface area contributed by atoms with E-state index in [2.05, 4.69) is 31.8 Å². The van der Waals surface area contributed by atoms with Gasteiger partial charge in [0, 0.05) is 30.9 Å². The molecule has 1 aromatic heterocycles. The molecular formula is C41H54N2O10. The lowest BCUT2D eigenvalue weighted by Crippen LogP contribution is -2.43. The van der Waals surface area contributed by atoms with Gasteiger partial charge in [0.25, 0.3) is 0 Å². The number of allylic oxidation sites excluding steroid dienone is 3. The zero-order valence-electron chi connectivity index (χ0n) is 32.1. The fourth-order valence-corrected chi connectivity index (χ4v) is 6.91. The van der Waals surface area contributed by atoms with Crippen LogP contribution in [0.15, 0.2) is 75.4 Å².